The molecule has 1 aromatic carbocycles. The Morgan fingerprint density at radius 1 is 1.21 bits per heavy atom. The molecule has 0 aliphatic rings. The predicted octanol–water partition coefficient (Wildman–Crippen LogP) is 2.94. The lowest BCUT2D eigenvalue weighted by Gasteiger charge is -1.96. The summed E-state index contributed by atoms with van der Waals surface area (Å²) in [5.74, 6) is 1.16. The van der Waals surface area contributed by atoms with Crippen LogP contribution in [0.4, 0.5) is 0 Å². The van der Waals surface area contributed by atoms with Gasteiger partial charge in [-0.2, -0.15) is 0 Å². The van der Waals surface area contributed by atoms with Gasteiger partial charge < -0.3 is 4.42 Å². The summed E-state index contributed by atoms with van der Waals surface area (Å²) in [6.07, 6.45) is 0. The van der Waals surface area contributed by atoms with Gasteiger partial charge in [-0.3, -0.25) is 0 Å². The van der Waals surface area contributed by atoms with Gasteiger partial charge in [0.25, 0.3) is 0 Å². The van der Waals surface area contributed by atoms with Gasteiger partial charge >= 0.3 is 0 Å². The van der Waals surface area contributed by atoms with Crippen molar-refractivity contribution in [3.8, 4) is 11.5 Å². The van der Waals surface area contributed by atoms with Gasteiger partial charge in [-0.1, -0.05) is 28.1 Å². The third kappa shape index (κ3) is 1.85. The van der Waals surface area contributed by atoms with Gasteiger partial charge in [0.05, 0.1) is 0 Å². The van der Waals surface area contributed by atoms with Gasteiger partial charge in [0, 0.05) is 17.8 Å². The molecule has 0 saturated heterocycles. The van der Waals surface area contributed by atoms with E-state index in [1.54, 1.807) is 6.92 Å². The standard InChI is InChI=1S/C10H9BrN2O/c1-7-12-13-10(14-7)9-4-2-8(6-11)3-5-9/h2-5H,6H2,1H3. The van der Waals surface area contributed by atoms with Crippen LogP contribution in [0.15, 0.2) is 28.7 Å². The van der Waals surface area contributed by atoms with Crippen LogP contribution in [0.1, 0.15) is 11.5 Å². The minimum Gasteiger partial charge on any atom is -0.421 e. The second kappa shape index (κ2) is 3.92. The van der Waals surface area contributed by atoms with Gasteiger partial charge in [0.2, 0.25) is 11.8 Å². The third-order valence-corrected chi connectivity index (χ3v) is 2.53. The summed E-state index contributed by atoms with van der Waals surface area (Å²) in [6, 6.07) is 8.01. The Kier molecular flexibility index (Phi) is 2.63. The summed E-state index contributed by atoms with van der Waals surface area (Å²) in [5, 5.41) is 8.58. The second-order valence-corrected chi connectivity index (χ2v) is 3.52. The van der Waals surface area contributed by atoms with E-state index in [4.69, 9.17) is 4.42 Å². The number of rotatable bonds is 2. The molecular formula is C10H9BrN2O. The molecule has 4 heteroatoms. The molecule has 2 rings (SSSR count). The average Bonchev–Trinajstić information content (AvgIpc) is 2.65. The molecular weight excluding hydrogens is 244 g/mol. The summed E-state index contributed by atoms with van der Waals surface area (Å²) in [5.41, 5.74) is 2.18. The number of hydrogen-bond donors (Lipinski definition) is 0. The molecule has 1 aromatic heterocycles. The number of benzene rings is 1. The Balaban J connectivity index is 2.33. The van der Waals surface area contributed by atoms with Crippen LogP contribution in [0, 0.1) is 6.92 Å². The number of aryl methyl sites for hydroxylation is 1. The number of halogens is 1. The highest BCUT2D eigenvalue weighted by Crippen LogP contribution is 2.18. The molecule has 0 amide bonds. The minimum atomic E-state index is 0.573. The fourth-order valence-corrected chi connectivity index (χ4v) is 1.52. The molecule has 0 aliphatic heterocycles. The van der Waals surface area contributed by atoms with Crippen molar-refractivity contribution in [1.29, 1.82) is 0 Å². The number of aromatic nitrogens is 2. The molecule has 0 unspecified atom stereocenters. The lowest BCUT2D eigenvalue weighted by Crippen LogP contribution is -1.80. The first-order valence-corrected chi connectivity index (χ1v) is 5.37. The van der Waals surface area contributed by atoms with Crippen molar-refractivity contribution in [3.05, 3.63) is 35.7 Å². The van der Waals surface area contributed by atoms with Gasteiger partial charge in [0.15, 0.2) is 0 Å². The maximum Gasteiger partial charge on any atom is 0.247 e. The Hall–Kier alpha value is -1.16. The highest BCUT2D eigenvalue weighted by molar-refractivity contribution is 9.08. The number of hydrogen-bond acceptors (Lipinski definition) is 3. The molecule has 0 bridgehead atoms. The zero-order chi connectivity index (χ0) is 9.97. The zero-order valence-corrected chi connectivity index (χ0v) is 9.28. The summed E-state index contributed by atoms with van der Waals surface area (Å²) < 4.78 is 5.31. The van der Waals surface area contributed by atoms with Gasteiger partial charge in [-0.25, -0.2) is 0 Å². The van der Waals surface area contributed by atoms with Crippen molar-refractivity contribution in [1.82, 2.24) is 10.2 Å². The van der Waals surface area contributed by atoms with E-state index < -0.39 is 0 Å². The molecule has 0 saturated carbocycles. The van der Waals surface area contributed by atoms with Crippen LogP contribution in [0.5, 0.6) is 0 Å². The van der Waals surface area contributed by atoms with E-state index in [2.05, 4.69) is 26.1 Å². The second-order valence-electron chi connectivity index (χ2n) is 2.96. The Morgan fingerprint density at radius 3 is 2.43 bits per heavy atom. The lowest BCUT2D eigenvalue weighted by atomic mass is 10.1. The largest absolute Gasteiger partial charge is 0.421 e. The van der Waals surface area contributed by atoms with Crippen LogP contribution in [-0.4, -0.2) is 10.2 Å². The summed E-state index contributed by atoms with van der Waals surface area (Å²) >= 11 is 3.39. The van der Waals surface area contributed by atoms with Crippen LogP contribution in [0.25, 0.3) is 11.5 Å². The molecule has 2 aromatic rings. The van der Waals surface area contributed by atoms with Gasteiger partial charge in [0.1, 0.15) is 0 Å². The molecule has 0 aliphatic carbocycles. The highest BCUT2D eigenvalue weighted by Gasteiger charge is 2.04. The highest BCUT2D eigenvalue weighted by atomic mass is 79.9. The molecule has 3 nitrogen and oxygen atoms in total. The monoisotopic (exact) mass is 252 g/mol. The Bertz CT molecular complexity index is 422. The lowest BCUT2D eigenvalue weighted by molar-refractivity contribution is 0.533. The van der Waals surface area contributed by atoms with Crippen molar-refractivity contribution in [2.75, 3.05) is 0 Å². The van der Waals surface area contributed by atoms with Crippen LogP contribution < -0.4 is 0 Å². The maximum atomic E-state index is 5.31. The van der Waals surface area contributed by atoms with Crippen LogP contribution >= 0.6 is 15.9 Å². The van der Waals surface area contributed by atoms with Gasteiger partial charge in [-0.15, -0.1) is 10.2 Å². The topological polar surface area (TPSA) is 38.9 Å². The van der Waals surface area contributed by atoms with Crippen LogP contribution in [0.3, 0.4) is 0 Å². The van der Waals surface area contributed by atoms with Crippen molar-refractivity contribution < 1.29 is 4.42 Å². The summed E-state index contributed by atoms with van der Waals surface area (Å²) in [7, 11) is 0. The summed E-state index contributed by atoms with van der Waals surface area (Å²) in [6.45, 7) is 1.78. The molecule has 0 radical (unpaired) electrons. The third-order valence-electron chi connectivity index (χ3n) is 1.88. The van der Waals surface area contributed by atoms with E-state index in [1.165, 1.54) is 5.56 Å². The molecule has 72 valence electrons. The zero-order valence-electron chi connectivity index (χ0n) is 7.70. The van der Waals surface area contributed by atoms with Crippen molar-refractivity contribution in [2.24, 2.45) is 0 Å². The SMILES string of the molecule is Cc1nnc(-c2ccc(CBr)cc2)o1. The number of alkyl halides is 1. The fraction of sp³-hybridized carbons (Fsp3) is 0.200. The molecule has 1 heterocycles. The number of nitrogens with zero attached hydrogens (tertiary/aromatic N) is 2. The predicted molar refractivity (Wildman–Crippen MR) is 57.1 cm³/mol. The fourth-order valence-electron chi connectivity index (χ4n) is 1.15. The molecule has 14 heavy (non-hydrogen) atoms. The Labute approximate surface area is 90.3 Å². The molecule has 0 atom stereocenters. The molecule has 0 spiro atoms. The van der Waals surface area contributed by atoms with E-state index in [1.807, 2.05) is 24.3 Å². The van der Waals surface area contributed by atoms with Crippen LogP contribution in [0.2, 0.25) is 0 Å². The van der Waals surface area contributed by atoms with E-state index >= 15 is 0 Å². The quantitative estimate of drug-likeness (QED) is 0.772. The van der Waals surface area contributed by atoms with E-state index in [9.17, 15) is 0 Å². The van der Waals surface area contributed by atoms with Crippen LogP contribution in [-0.2, 0) is 5.33 Å². The molecule has 0 N–H and O–H groups in total. The summed E-state index contributed by atoms with van der Waals surface area (Å²) in [4.78, 5) is 0. The van der Waals surface area contributed by atoms with E-state index in [-0.39, 0.29) is 0 Å². The minimum absolute atomic E-state index is 0.573. The van der Waals surface area contributed by atoms with Crippen molar-refractivity contribution in [3.63, 3.8) is 0 Å². The average molecular weight is 253 g/mol. The van der Waals surface area contributed by atoms with Crippen molar-refractivity contribution >= 4 is 15.9 Å². The smallest absolute Gasteiger partial charge is 0.247 e. The first kappa shape index (κ1) is 9.40. The first-order valence-electron chi connectivity index (χ1n) is 4.25. The van der Waals surface area contributed by atoms with Gasteiger partial charge in [-0.05, 0) is 17.7 Å². The van der Waals surface area contributed by atoms with Crippen molar-refractivity contribution in [2.45, 2.75) is 12.3 Å². The van der Waals surface area contributed by atoms with E-state index in [0.29, 0.717) is 11.8 Å². The first-order chi connectivity index (χ1) is 6.79. The molecule has 0 fully saturated rings. The van der Waals surface area contributed by atoms with E-state index in [0.717, 1.165) is 10.9 Å². The maximum absolute atomic E-state index is 5.31. The Morgan fingerprint density at radius 2 is 1.93 bits per heavy atom. The normalized spacial score (nSPS) is 10.4.